The highest BCUT2D eigenvalue weighted by atomic mass is 79.9. The summed E-state index contributed by atoms with van der Waals surface area (Å²) in [5, 5.41) is 28.1. The number of halogens is 2. The van der Waals surface area contributed by atoms with E-state index in [-0.39, 0.29) is 16.0 Å². The fourth-order valence-electron chi connectivity index (χ4n) is 1.63. The van der Waals surface area contributed by atoms with Crippen LogP contribution in [-0.4, -0.2) is 51.3 Å². The molecule has 134 valence electrons. The van der Waals surface area contributed by atoms with E-state index in [1.165, 1.54) is 30.0 Å². The van der Waals surface area contributed by atoms with Crippen LogP contribution in [0.1, 0.15) is 5.69 Å². The smallest absolute Gasteiger partial charge is 0.245 e. The third kappa shape index (κ3) is 5.49. The number of nitrogens with zero attached hydrogens (tertiary/aromatic N) is 3. The van der Waals surface area contributed by atoms with Gasteiger partial charge in [0.2, 0.25) is 5.91 Å². The summed E-state index contributed by atoms with van der Waals surface area (Å²) in [6.45, 7) is -0.291. The number of aliphatic hydroxyl groups excluding tert-OH is 1. The summed E-state index contributed by atoms with van der Waals surface area (Å²) in [5.74, 6) is -0.544. The Bertz CT molecular complexity index is 773. The number of aliphatic hydroxyl groups is 1. The average Bonchev–Trinajstić information content (AvgIpc) is 3.07. The number of aliphatic imine (C=N–C) groups is 1. The average molecular weight is 434 g/mol. The molecule has 4 N–H and O–H groups in total. The molecule has 0 spiro atoms. The van der Waals surface area contributed by atoms with Crippen molar-refractivity contribution in [1.29, 1.82) is 0 Å². The third-order valence-corrected chi connectivity index (χ3v) is 4.30. The van der Waals surface area contributed by atoms with Crippen LogP contribution in [-0.2, 0) is 4.79 Å². The molecular weight excluding hydrogens is 421 g/mol. The molecule has 0 aliphatic heterocycles. The zero-order chi connectivity index (χ0) is 18.2. The third-order valence-electron chi connectivity index (χ3n) is 2.74. The summed E-state index contributed by atoms with van der Waals surface area (Å²) in [6, 6.07) is 4.07. The van der Waals surface area contributed by atoms with Gasteiger partial charge in [0.1, 0.15) is 12.4 Å². The maximum atomic E-state index is 13.3. The van der Waals surface area contributed by atoms with Crippen molar-refractivity contribution in [1.82, 2.24) is 21.1 Å². The highest BCUT2D eigenvalue weighted by Crippen LogP contribution is 2.24. The van der Waals surface area contributed by atoms with Crippen molar-refractivity contribution < 1.29 is 24.1 Å². The van der Waals surface area contributed by atoms with Gasteiger partial charge in [-0.2, -0.15) is 0 Å². The monoisotopic (exact) mass is 433 g/mol. The van der Waals surface area contributed by atoms with E-state index in [9.17, 15) is 14.4 Å². The number of amidine groups is 1. The Hall–Kier alpha value is -2.02. The molecule has 1 heterocycles. The number of carbonyl (C=O) groups is 1. The molecule has 2 rings (SSSR count). The topological polar surface area (TPSA) is 133 Å². The van der Waals surface area contributed by atoms with E-state index in [0.29, 0.717) is 23.0 Å². The van der Waals surface area contributed by atoms with Crippen molar-refractivity contribution in [2.24, 2.45) is 4.99 Å². The minimum Gasteiger partial charge on any atom is -0.387 e. The van der Waals surface area contributed by atoms with E-state index in [0.717, 1.165) is 0 Å². The lowest BCUT2D eigenvalue weighted by Gasteiger charge is -2.04. The highest BCUT2D eigenvalue weighted by Gasteiger charge is 2.17. The molecule has 12 heteroatoms. The van der Waals surface area contributed by atoms with Crippen LogP contribution in [0.2, 0.25) is 0 Å². The summed E-state index contributed by atoms with van der Waals surface area (Å²) < 4.78 is 18.1. The normalized spacial score (nSPS) is 11.4. The second-order valence-electron chi connectivity index (χ2n) is 4.45. The minimum absolute atomic E-state index is 0.0401. The van der Waals surface area contributed by atoms with Crippen LogP contribution in [0.3, 0.4) is 0 Å². The van der Waals surface area contributed by atoms with E-state index < -0.39 is 18.3 Å². The molecule has 0 aliphatic rings. The number of benzene rings is 1. The van der Waals surface area contributed by atoms with E-state index in [1.807, 2.05) is 5.48 Å². The predicted molar refractivity (Wildman–Crippen MR) is 90.3 cm³/mol. The zero-order valence-electron chi connectivity index (χ0n) is 12.6. The zero-order valence-corrected chi connectivity index (χ0v) is 15.0. The van der Waals surface area contributed by atoms with E-state index in [2.05, 4.69) is 41.2 Å². The van der Waals surface area contributed by atoms with Gasteiger partial charge in [0.05, 0.1) is 10.2 Å². The van der Waals surface area contributed by atoms with Gasteiger partial charge >= 0.3 is 0 Å². The number of hydrogen-bond donors (Lipinski definition) is 4. The number of carbonyl (C=O) groups excluding carboxylic acids is 1. The molecule has 2 aromatic rings. The lowest BCUT2D eigenvalue weighted by molar-refractivity contribution is -0.123. The minimum atomic E-state index is -0.583. The molecule has 25 heavy (non-hydrogen) atoms. The fraction of sp³-hybridized carbons (Fsp3) is 0.231. The molecule has 0 saturated carbocycles. The van der Waals surface area contributed by atoms with E-state index >= 15 is 0 Å². The van der Waals surface area contributed by atoms with Gasteiger partial charge in [0.15, 0.2) is 16.6 Å². The second kappa shape index (κ2) is 9.46. The van der Waals surface area contributed by atoms with Crippen molar-refractivity contribution in [2.45, 2.75) is 5.03 Å². The van der Waals surface area contributed by atoms with Crippen molar-refractivity contribution in [3.8, 4) is 0 Å². The Morgan fingerprint density at radius 1 is 1.44 bits per heavy atom. The number of hydroxylamine groups is 1. The van der Waals surface area contributed by atoms with E-state index in [1.54, 1.807) is 0 Å². The van der Waals surface area contributed by atoms with Crippen LogP contribution < -0.4 is 10.8 Å². The van der Waals surface area contributed by atoms with Gasteiger partial charge in [0.25, 0.3) is 0 Å². The van der Waals surface area contributed by atoms with Crippen LogP contribution >= 0.6 is 27.7 Å². The van der Waals surface area contributed by atoms with Crippen molar-refractivity contribution in [2.75, 3.05) is 18.9 Å². The summed E-state index contributed by atoms with van der Waals surface area (Å²) in [4.78, 5) is 15.1. The van der Waals surface area contributed by atoms with Crippen molar-refractivity contribution >= 4 is 45.1 Å². The summed E-state index contributed by atoms with van der Waals surface area (Å²) in [5.41, 5.74) is 2.42. The van der Waals surface area contributed by atoms with Crippen LogP contribution in [0.15, 0.2) is 37.3 Å². The Morgan fingerprint density at radius 2 is 2.24 bits per heavy atom. The maximum Gasteiger partial charge on any atom is 0.245 e. The summed E-state index contributed by atoms with van der Waals surface area (Å²) in [7, 11) is 0. The first-order valence-electron chi connectivity index (χ1n) is 6.82. The Kier molecular flexibility index (Phi) is 7.31. The molecule has 0 fully saturated rings. The van der Waals surface area contributed by atoms with Gasteiger partial charge in [-0.15, -0.1) is 0 Å². The Morgan fingerprint density at radius 3 is 2.92 bits per heavy atom. The lowest BCUT2D eigenvalue weighted by Crippen LogP contribution is -2.28. The molecule has 1 amide bonds. The van der Waals surface area contributed by atoms with Crippen molar-refractivity contribution in [3.05, 3.63) is 34.2 Å². The van der Waals surface area contributed by atoms with Gasteiger partial charge in [-0.05, 0) is 44.4 Å². The largest absolute Gasteiger partial charge is 0.387 e. The number of amides is 1. The molecule has 1 aromatic heterocycles. The molecular formula is C13H13BrFN5O4S. The lowest BCUT2D eigenvalue weighted by atomic mass is 10.3. The van der Waals surface area contributed by atoms with Crippen LogP contribution in [0.25, 0.3) is 0 Å². The Balaban J connectivity index is 2.10. The fourth-order valence-corrected chi connectivity index (χ4v) is 2.75. The molecule has 0 radical (unpaired) electrons. The number of rotatable bonds is 7. The molecule has 1 aromatic carbocycles. The first kappa shape index (κ1) is 19.3. The van der Waals surface area contributed by atoms with Gasteiger partial charge in [-0.1, -0.05) is 11.8 Å². The quantitative estimate of drug-likeness (QED) is 0.168. The Labute approximate surface area is 153 Å². The van der Waals surface area contributed by atoms with Crippen LogP contribution in [0.4, 0.5) is 10.1 Å². The van der Waals surface area contributed by atoms with Gasteiger partial charge < -0.3 is 10.4 Å². The summed E-state index contributed by atoms with van der Waals surface area (Å²) >= 11 is 4.25. The number of aromatic nitrogens is 2. The van der Waals surface area contributed by atoms with Gasteiger partial charge in [-0.3, -0.25) is 15.5 Å². The van der Waals surface area contributed by atoms with Gasteiger partial charge in [0, 0.05) is 12.3 Å². The molecule has 0 saturated heterocycles. The van der Waals surface area contributed by atoms with Crippen LogP contribution in [0.5, 0.6) is 0 Å². The standard InChI is InChI=1S/C13H13BrFN5O4S/c14-8-5-7(1-2-9(8)15)17-12(18-23)11-13(20-24-19-11)25-4-3-16-10(22)6-21/h1-2,5,21,23H,3-4,6H2,(H,16,22)(H,17,18). The number of thioether (sulfide) groups is 1. The number of nitrogens with one attached hydrogen (secondary N) is 2. The highest BCUT2D eigenvalue weighted by molar-refractivity contribution is 9.10. The summed E-state index contributed by atoms with van der Waals surface area (Å²) in [6.07, 6.45) is 0. The molecule has 0 aliphatic carbocycles. The molecule has 0 bridgehead atoms. The number of hydrogen-bond acceptors (Lipinski definition) is 8. The predicted octanol–water partition coefficient (Wildman–Crippen LogP) is 1.23. The molecule has 0 unspecified atom stereocenters. The van der Waals surface area contributed by atoms with Crippen molar-refractivity contribution in [3.63, 3.8) is 0 Å². The maximum absolute atomic E-state index is 13.3. The first-order chi connectivity index (χ1) is 12.0. The van der Waals surface area contributed by atoms with Gasteiger partial charge in [-0.25, -0.2) is 14.0 Å². The van der Waals surface area contributed by atoms with Crippen LogP contribution in [0, 0.1) is 5.82 Å². The first-order valence-corrected chi connectivity index (χ1v) is 8.60. The van der Waals surface area contributed by atoms with E-state index in [4.69, 9.17) is 5.11 Å². The molecule has 9 nitrogen and oxygen atoms in total. The molecule has 0 atom stereocenters. The second-order valence-corrected chi connectivity index (χ2v) is 6.38. The SMILES string of the molecule is O=C(CO)NCCSc1nonc1C(=Nc1ccc(F)c(Br)c1)NO.